The average molecular weight is 355 g/mol. The molecule has 1 atom stereocenters. The molecule has 0 radical (unpaired) electrons. The number of aromatic nitrogens is 2. The Morgan fingerprint density at radius 1 is 1.39 bits per heavy atom. The van der Waals surface area contributed by atoms with Crippen molar-refractivity contribution in [3.05, 3.63) is 46.9 Å². The second kappa shape index (κ2) is 6.73. The Balaban J connectivity index is 2.08. The number of halogens is 1. The van der Waals surface area contributed by atoms with E-state index in [1.807, 2.05) is 0 Å². The Kier molecular flexibility index (Phi) is 5.30. The molecule has 23 heavy (non-hydrogen) atoms. The minimum Gasteiger partial charge on any atom is -0.466 e. The molecular formula is C16H23ClN2O3Si. The van der Waals surface area contributed by atoms with Crippen LogP contribution >= 0.6 is 11.6 Å². The maximum atomic E-state index is 10.4. The lowest BCUT2D eigenvalue weighted by molar-refractivity contribution is 0.188. The van der Waals surface area contributed by atoms with E-state index in [-0.39, 0.29) is 10.2 Å². The molecule has 1 unspecified atom stereocenters. The van der Waals surface area contributed by atoms with Gasteiger partial charge >= 0.3 is 0 Å². The standard InChI is InChI=1S/C16H23ClN2O3Si/c1-16(2,3)23(4,5)22-9-11-6-13(21-8-11)14(20)12-7-18-10-19-15(12)17/h6-8,10,14,20H,9H2,1-5H3. The summed E-state index contributed by atoms with van der Waals surface area (Å²) in [6.07, 6.45) is 3.42. The molecule has 2 heterocycles. The second-order valence-corrected chi connectivity index (χ2v) is 12.2. The highest BCUT2D eigenvalue weighted by Crippen LogP contribution is 2.37. The maximum Gasteiger partial charge on any atom is 0.192 e. The zero-order valence-electron chi connectivity index (χ0n) is 14.1. The van der Waals surface area contributed by atoms with Gasteiger partial charge in [-0.15, -0.1) is 0 Å². The monoisotopic (exact) mass is 354 g/mol. The van der Waals surface area contributed by atoms with Crippen LogP contribution in [-0.2, 0) is 11.0 Å². The van der Waals surface area contributed by atoms with Crippen LogP contribution < -0.4 is 0 Å². The van der Waals surface area contributed by atoms with Gasteiger partial charge in [0, 0.05) is 17.3 Å². The Labute approximate surface area is 142 Å². The van der Waals surface area contributed by atoms with Crippen LogP contribution in [0.15, 0.2) is 29.3 Å². The summed E-state index contributed by atoms with van der Waals surface area (Å²) in [5, 5.41) is 10.7. The number of nitrogens with zero attached hydrogens (tertiary/aromatic N) is 2. The van der Waals surface area contributed by atoms with Gasteiger partial charge in [0.2, 0.25) is 0 Å². The topological polar surface area (TPSA) is 68.4 Å². The van der Waals surface area contributed by atoms with Gasteiger partial charge in [0.1, 0.15) is 23.3 Å². The molecule has 0 aliphatic rings. The minimum absolute atomic E-state index is 0.147. The van der Waals surface area contributed by atoms with E-state index in [1.165, 1.54) is 12.5 Å². The Morgan fingerprint density at radius 3 is 2.70 bits per heavy atom. The number of aliphatic hydroxyl groups excluding tert-OH is 1. The predicted octanol–water partition coefficient (Wildman–Crippen LogP) is 4.33. The van der Waals surface area contributed by atoms with Crippen LogP contribution in [0.2, 0.25) is 23.3 Å². The molecule has 1 N–H and O–H groups in total. The van der Waals surface area contributed by atoms with E-state index in [1.54, 1.807) is 12.3 Å². The van der Waals surface area contributed by atoms with Gasteiger partial charge in [-0.2, -0.15) is 0 Å². The van der Waals surface area contributed by atoms with Gasteiger partial charge in [-0.25, -0.2) is 9.97 Å². The minimum atomic E-state index is -1.82. The lowest BCUT2D eigenvalue weighted by atomic mass is 10.1. The third-order valence-corrected chi connectivity index (χ3v) is 9.13. The first-order valence-electron chi connectivity index (χ1n) is 7.46. The molecule has 0 bridgehead atoms. The van der Waals surface area contributed by atoms with Gasteiger partial charge in [-0.3, -0.25) is 0 Å². The van der Waals surface area contributed by atoms with Crippen molar-refractivity contribution in [2.45, 2.75) is 51.6 Å². The van der Waals surface area contributed by atoms with Crippen LogP contribution in [0.4, 0.5) is 0 Å². The van der Waals surface area contributed by atoms with E-state index < -0.39 is 14.4 Å². The largest absolute Gasteiger partial charge is 0.466 e. The maximum absolute atomic E-state index is 10.4. The molecule has 0 saturated heterocycles. The SMILES string of the molecule is CC(C)(C)[Si](C)(C)OCc1coc(C(O)c2cncnc2Cl)c1. The van der Waals surface area contributed by atoms with Gasteiger partial charge in [0.05, 0.1) is 12.9 Å². The van der Waals surface area contributed by atoms with Gasteiger partial charge in [-0.1, -0.05) is 32.4 Å². The van der Waals surface area contributed by atoms with E-state index >= 15 is 0 Å². The fraction of sp³-hybridized carbons (Fsp3) is 0.500. The Bertz CT molecular complexity index is 667. The Hall–Kier alpha value is -1.21. The molecule has 126 valence electrons. The van der Waals surface area contributed by atoms with Crippen molar-refractivity contribution in [3.8, 4) is 0 Å². The summed E-state index contributed by atoms with van der Waals surface area (Å²) >= 11 is 5.98. The molecule has 0 spiro atoms. The van der Waals surface area contributed by atoms with Gasteiger partial charge in [0.15, 0.2) is 8.32 Å². The molecule has 0 fully saturated rings. The number of furan rings is 1. The summed E-state index contributed by atoms with van der Waals surface area (Å²) in [4.78, 5) is 7.74. The summed E-state index contributed by atoms with van der Waals surface area (Å²) in [6, 6.07) is 1.78. The molecule has 2 aromatic rings. The van der Waals surface area contributed by atoms with Crippen molar-refractivity contribution in [1.82, 2.24) is 9.97 Å². The summed E-state index contributed by atoms with van der Waals surface area (Å²) in [5.74, 6) is 0.399. The van der Waals surface area contributed by atoms with Crippen molar-refractivity contribution < 1.29 is 13.9 Å². The lowest BCUT2D eigenvalue weighted by Gasteiger charge is -2.36. The van der Waals surface area contributed by atoms with Crippen molar-refractivity contribution in [2.24, 2.45) is 0 Å². The number of hydrogen-bond acceptors (Lipinski definition) is 5. The Morgan fingerprint density at radius 2 is 2.09 bits per heavy atom. The van der Waals surface area contributed by atoms with Crippen molar-refractivity contribution in [3.63, 3.8) is 0 Å². The molecule has 2 rings (SSSR count). The molecule has 0 aromatic carbocycles. The summed E-state index contributed by atoms with van der Waals surface area (Å²) in [5.41, 5.74) is 1.30. The smallest absolute Gasteiger partial charge is 0.192 e. The molecule has 0 aliphatic carbocycles. The van der Waals surface area contributed by atoms with Crippen LogP contribution in [0.25, 0.3) is 0 Å². The van der Waals surface area contributed by atoms with Crippen LogP contribution in [0.1, 0.15) is 43.8 Å². The fourth-order valence-electron chi connectivity index (χ4n) is 1.76. The highest BCUT2D eigenvalue weighted by molar-refractivity contribution is 6.74. The first kappa shape index (κ1) is 18.1. The van der Waals surface area contributed by atoms with E-state index in [4.69, 9.17) is 20.4 Å². The summed E-state index contributed by atoms with van der Waals surface area (Å²) in [6.45, 7) is 11.4. The first-order valence-corrected chi connectivity index (χ1v) is 10.7. The quantitative estimate of drug-likeness (QED) is 0.639. The fourth-order valence-corrected chi connectivity index (χ4v) is 2.91. The molecular weight excluding hydrogens is 332 g/mol. The molecule has 0 saturated carbocycles. The van der Waals surface area contributed by atoms with Crippen molar-refractivity contribution in [1.29, 1.82) is 0 Å². The number of hydrogen-bond donors (Lipinski definition) is 1. The second-order valence-electron chi connectivity index (χ2n) is 7.08. The number of aliphatic hydroxyl groups is 1. The molecule has 0 amide bonds. The normalized spacial score (nSPS) is 14.0. The van der Waals surface area contributed by atoms with E-state index in [9.17, 15) is 5.11 Å². The van der Waals surface area contributed by atoms with Crippen LogP contribution in [0.5, 0.6) is 0 Å². The highest BCUT2D eigenvalue weighted by Gasteiger charge is 2.37. The van der Waals surface area contributed by atoms with Crippen LogP contribution in [0, 0.1) is 0 Å². The van der Waals surface area contributed by atoms with Gasteiger partial charge in [0.25, 0.3) is 0 Å². The zero-order chi connectivity index (χ0) is 17.3. The predicted molar refractivity (Wildman–Crippen MR) is 91.8 cm³/mol. The lowest BCUT2D eigenvalue weighted by Crippen LogP contribution is -2.40. The summed E-state index contributed by atoms with van der Waals surface area (Å²) in [7, 11) is -1.82. The first-order chi connectivity index (χ1) is 10.6. The zero-order valence-corrected chi connectivity index (χ0v) is 15.9. The van der Waals surface area contributed by atoms with E-state index in [2.05, 4.69) is 43.8 Å². The van der Waals surface area contributed by atoms with Crippen molar-refractivity contribution in [2.75, 3.05) is 0 Å². The van der Waals surface area contributed by atoms with Crippen molar-refractivity contribution >= 4 is 19.9 Å². The van der Waals surface area contributed by atoms with Crippen LogP contribution in [0.3, 0.4) is 0 Å². The average Bonchev–Trinajstić information content (AvgIpc) is 2.93. The van der Waals surface area contributed by atoms with Gasteiger partial charge in [-0.05, 0) is 24.2 Å². The van der Waals surface area contributed by atoms with E-state index in [0.717, 1.165) is 5.56 Å². The third-order valence-electron chi connectivity index (χ3n) is 4.33. The molecule has 5 nitrogen and oxygen atoms in total. The van der Waals surface area contributed by atoms with Gasteiger partial charge < -0.3 is 13.9 Å². The molecule has 0 aliphatic heterocycles. The van der Waals surface area contributed by atoms with E-state index in [0.29, 0.717) is 17.9 Å². The van der Waals surface area contributed by atoms with Crippen LogP contribution in [-0.4, -0.2) is 23.4 Å². The summed E-state index contributed by atoms with van der Waals surface area (Å²) < 4.78 is 11.6. The molecule has 7 heteroatoms. The highest BCUT2D eigenvalue weighted by atomic mass is 35.5. The molecule has 2 aromatic heterocycles. The number of rotatable bonds is 5. The third kappa shape index (κ3) is 4.20.